The maximum Gasteiger partial charge on any atom is 0.227 e. The van der Waals surface area contributed by atoms with E-state index in [0.29, 0.717) is 5.71 Å². The van der Waals surface area contributed by atoms with Gasteiger partial charge in [0.1, 0.15) is 11.5 Å². The third kappa shape index (κ3) is 2.00. The number of pyridine rings is 1. The lowest BCUT2D eigenvalue weighted by Gasteiger charge is -2.24. The Morgan fingerprint density at radius 1 is 1.00 bits per heavy atom. The van der Waals surface area contributed by atoms with Gasteiger partial charge in [0.25, 0.3) is 0 Å². The van der Waals surface area contributed by atoms with Crippen molar-refractivity contribution in [1.82, 2.24) is 4.98 Å². The molecule has 0 bridgehead atoms. The van der Waals surface area contributed by atoms with Crippen LogP contribution in [0.2, 0.25) is 19.6 Å². The van der Waals surface area contributed by atoms with E-state index >= 15 is 0 Å². The Balaban J connectivity index is 1.83. The summed E-state index contributed by atoms with van der Waals surface area (Å²) < 4.78 is 15.0. The summed E-state index contributed by atoms with van der Waals surface area (Å²) in [7, 11) is -1.60. The minimum Gasteiger partial charge on any atom is -0.455 e. The molecule has 0 amide bonds. The first-order chi connectivity index (χ1) is 13.4. The molecule has 1 aliphatic rings. The molecule has 0 spiro atoms. The number of furan rings is 1. The van der Waals surface area contributed by atoms with Gasteiger partial charge in [0.05, 0.1) is 35.5 Å². The van der Waals surface area contributed by atoms with Crippen LogP contribution in [0.1, 0.15) is 5.56 Å². The topological polar surface area (TPSA) is 35.3 Å². The molecule has 0 aliphatic carbocycles. The van der Waals surface area contributed by atoms with E-state index in [1.165, 1.54) is 25.5 Å². The minimum absolute atomic E-state index is 0.705. The van der Waals surface area contributed by atoms with Gasteiger partial charge < -0.3 is 9.15 Å². The molecule has 0 atom stereocenters. The largest absolute Gasteiger partial charge is 0.455 e. The number of thiophene rings is 1. The first kappa shape index (κ1) is 16.3. The van der Waals surface area contributed by atoms with Crippen LogP contribution in [0.4, 0.5) is 0 Å². The van der Waals surface area contributed by atoms with E-state index in [1.807, 2.05) is 17.4 Å². The van der Waals surface area contributed by atoms with Crippen molar-refractivity contribution in [3.05, 3.63) is 48.2 Å². The fourth-order valence-electron chi connectivity index (χ4n) is 4.24. The molecule has 6 rings (SSSR count). The Bertz CT molecular complexity index is 1440. The van der Waals surface area contributed by atoms with Gasteiger partial charge in [0, 0.05) is 15.6 Å². The Kier molecular flexibility index (Phi) is 3.06. The first-order valence-electron chi connectivity index (χ1n) is 9.48. The van der Waals surface area contributed by atoms with Crippen molar-refractivity contribution in [3.63, 3.8) is 0 Å². The average Bonchev–Trinajstić information content (AvgIpc) is 3.28. The van der Waals surface area contributed by atoms with E-state index in [0.717, 1.165) is 33.5 Å². The number of hydrogen-bond acceptors (Lipinski definition) is 4. The normalized spacial score (nSPS) is 13.3. The van der Waals surface area contributed by atoms with E-state index in [-0.39, 0.29) is 0 Å². The molecule has 3 nitrogen and oxygen atoms in total. The van der Waals surface area contributed by atoms with E-state index in [2.05, 4.69) is 56.9 Å². The third-order valence-electron chi connectivity index (χ3n) is 5.59. The van der Waals surface area contributed by atoms with Crippen LogP contribution < -0.4 is 9.24 Å². The number of rotatable bonds is 1. The highest BCUT2D eigenvalue weighted by Gasteiger charge is 2.34. The van der Waals surface area contributed by atoms with Crippen LogP contribution in [0.25, 0.3) is 43.2 Å². The van der Waals surface area contributed by atoms with Crippen LogP contribution >= 0.6 is 11.3 Å². The standard InChI is InChI=1S/C23H19NO2SSi/c1-12-14-8-6-5-7-13(14)11-16-18-17-20(26-19(12)16)23(28(2,3)4)27-21(17)15-9-10-25-22(15)24-18/h5-11H,1-4H3. The SMILES string of the molecule is Cc1c2c(cc3ccccc13)-c1nc3occc3c3sc([Si](C)(C)C)c(c13)O2. The molecule has 0 N–H and O–H groups in total. The second-order valence-corrected chi connectivity index (χ2v) is 14.9. The lowest BCUT2D eigenvalue weighted by atomic mass is 9.95. The summed E-state index contributed by atoms with van der Waals surface area (Å²) in [5.41, 5.74) is 3.92. The molecule has 0 saturated carbocycles. The summed E-state index contributed by atoms with van der Waals surface area (Å²) in [6.45, 7) is 9.27. The number of fused-ring (bicyclic) bond motifs is 5. The van der Waals surface area contributed by atoms with Crippen molar-refractivity contribution in [2.45, 2.75) is 26.6 Å². The number of aryl methyl sites for hydroxylation is 1. The van der Waals surface area contributed by atoms with Crippen LogP contribution in [0.5, 0.6) is 11.5 Å². The molecule has 138 valence electrons. The molecule has 4 heterocycles. The number of ether oxygens (including phenoxy) is 1. The van der Waals surface area contributed by atoms with Crippen molar-refractivity contribution in [2.75, 3.05) is 0 Å². The number of nitrogens with zero attached hydrogens (tertiary/aromatic N) is 1. The molecule has 5 heteroatoms. The molecule has 1 aliphatic heterocycles. The lowest BCUT2D eigenvalue weighted by Crippen LogP contribution is -2.36. The number of hydrogen-bond donors (Lipinski definition) is 0. The van der Waals surface area contributed by atoms with E-state index in [9.17, 15) is 0 Å². The molecular weight excluding hydrogens is 382 g/mol. The van der Waals surface area contributed by atoms with Gasteiger partial charge in [-0.3, -0.25) is 0 Å². The van der Waals surface area contributed by atoms with Crippen molar-refractivity contribution in [3.8, 4) is 22.8 Å². The highest BCUT2D eigenvalue weighted by Crippen LogP contribution is 2.52. The summed E-state index contributed by atoms with van der Waals surface area (Å²) in [5.74, 6) is 1.96. The Labute approximate surface area is 167 Å². The van der Waals surface area contributed by atoms with Gasteiger partial charge in [-0.2, -0.15) is 0 Å². The highest BCUT2D eigenvalue weighted by molar-refractivity contribution is 7.32. The Morgan fingerprint density at radius 3 is 2.64 bits per heavy atom. The van der Waals surface area contributed by atoms with E-state index in [4.69, 9.17) is 14.1 Å². The van der Waals surface area contributed by atoms with Crippen LogP contribution in [-0.2, 0) is 0 Å². The zero-order valence-corrected chi connectivity index (χ0v) is 18.0. The monoisotopic (exact) mass is 401 g/mol. The zero-order valence-electron chi connectivity index (χ0n) is 16.2. The minimum atomic E-state index is -1.60. The first-order valence-corrected chi connectivity index (χ1v) is 13.8. The lowest BCUT2D eigenvalue weighted by molar-refractivity contribution is 0.488. The molecule has 0 fully saturated rings. The van der Waals surface area contributed by atoms with Crippen molar-refractivity contribution in [2.24, 2.45) is 0 Å². The molecule has 28 heavy (non-hydrogen) atoms. The summed E-state index contributed by atoms with van der Waals surface area (Å²) >= 11 is 1.86. The predicted octanol–water partition coefficient (Wildman–Crippen LogP) is 6.82. The summed E-state index contributed by atoms with van der Waals surface area (Å²) in [6.07, 6.45) is 1.74. The van der Waals surface area contributed by atoms with Crippen LogP contribution in [-0.4, -0.2) is 13.1 Å². The predicted molar refractivity (Wildman–Crippen MR) is 120 cm³/mol. The molecule has 5 aromatic rings. The second-order valence-electron chi connectivity index (χ2n) is 8.52. The summed E-state index contributed by atoms with van der Waals surface area (Å²) in [5, 5.41) is 4.67. The van der Waals surface area contributed by atoms with Gasteiger partial charge in [-0.15, -0.1) is 11.3 Å². The molecule has 0 radical (unpaired) electrons. The van der Waals surface area contributed by atoms with E-state index in [1.54, 1.807) is 6.26 Å². The van der Waals surface area contributed by atoms with Crippen LogP contribution in [0.3, 0.4) is 0 Å². The molecule has 0 saturated heterocycles. The second kappa shape index (κ2) is 5.24. The Morgan fingerprint density at radius 2 is 1.82 bits per heavy atom. The van der Waals surface area contributed by atoms with Crippen LogP contribution in [0, 0.1) is 6.92 Å². The van der Waals surface area contributed by atoms with Gasteiger partial charge in [-0.05, 0) is 29.8 Å². The van der Waals surface area contributed by atoms with Gasteiger partial charge in [0.15, 0.2) is 0 Å². The van der Waals surface area contributed by atoms with E-state index < -0.39 is 8.07 Å². The van der Waals surface area contributed by atoms with Crippen LogP contribution in [0.15, 0.2) is 47.1 Å². The van der Waals surface area contributed by atoms with Gasteiger partial charge in [0.2, 0.25) is 5.71 Å². The quantitative estimate of drug-likeness (QED) is 0.283. The molecule has 3 aromatic heterocycles. The molecule has 0 unspecified atom stereocenters. The smallest absolute Gasteiger partial charge is 0.227 e. The maximum absolute atomic E-state index is 6.69. The van der Waals surface area contributed by atoms with Gasteiger partial charge in [-0.25, -0.2) is 4.98 Å². The highest BCUT2D eigenvalue weighted by atomic mass is 32.1. The fourth-order valence-corrected chi connectivity index (χ4v) is 7.63. The maximum atomic E-state index is 6.69. The van der Waals surface area contributed by atoms with Crippen molar-refractivity contribution in [1.29, 1.82) is 0 Å². The Hall–Kier alpha value is -2.63. The molecular formula is C23H19NO2SSi. The summed E-state index contributed by atoms with van der Waals surface area (Å²) in [6, 6.07) is 12.7. The van der Waals surface area contributed by atoms with Gasteiger partial charge >= 0.3 is 0 Å². The summed E-state index contributed by atoms with van der Waals surface area (Å²) in [4.78, 5) is 4.95. The zero-order chi connectivity index (χ0) is 19.2. The third-order valence-corrected chi connectivity index (χ3v) is 10.3. The number of aromatic nitrogens is 1. The van der Waals surface area contributed by atoms with Crippen molar-refractivity contribution < 1.29 is 9.15 Å². The fraction of sp³-hybridized carbons (Fsp3) is 0.174. The van der Waals surface area contributed by atoms with Gasteiger partial charge in [-0.1, -0.05) is 43.9 Å². The number of benzene rings is 2. The molecule has 2 aromatic carbocycles. The average molecular weight is 402 g/mol. The van der Waals surface area contributed by atoms with Crippen molar-refractivity contribution >= 4 is 55.9 Å².